The van der Waals surface area contributed by atoms with E-state index in [0.717, 1.165) is 6.54 Å². The van der Waals surface area contributed by atoms with Crippen LogP contribution in [0.25, 0.3) is 0 Å². The SMILES string of the molecule is CCN/C=C\C(=O)c1ccccn1. The Morgan fingerprint density at radius 3 is 3.08 bits per heavy atom. The predicted molar refractivity (Wildman–Crippen MR) is 51.4 cm³/mol. The zero-order valence-corrected chi connectivity index (χ0v) is 7.53. The minimum Gasteiger partial charge on any atom is -0.391 e. The Balaban J connectivity index is 2.59. The van der Waals surface area contributed by atoms with Gasteiger partial charge in [0.25, 0.3) is 0 Å². The van der Waals surface area contributed by atoms with Crippen molar-refractivity contribution in [2.45, 2.75) is 6.92 Å². The van der Waals surface area contributed by atoms with E-state index < -0.39 is 0 Å². The molecule has 1 aromatic heterocycles. The van der Waals surface area contributed by atoms with Crippen molar-refractivity contribution >= 4 is 5.78 Å². The van der Waals surface area contributed by atoms with Gasteiger partial charge >= 0.3 is 0 Å². The summed E-state index contributed by atoms with van der Waals surface area (Å²) in [4.78, 5) is 15.3. The van der Waals surface area contributed by atoms with Crippen LogP contribution in [0.2, 0.25) is 0 Å². The number of pyridine rings is 1. The molecule has 0 aliphatic heterocycles. The maximum Gasteiger partial charge on any atom is 0.205 e. The molecule has 0 amide bonds. The van der Waals surface area contributed by atoms with Gasteiger partial charge in [-0.3, -0.25) is 9.78 Å². The van der Waals surface area contributed by atoms with Gasteiger partial charge in [0.15, 0.2) is 0 Å². The molecule has 0 aromatic carbocycles. The third-order valence-electron chi connectivity index (χ3n) is 1.47. The van der Waals surface area contributed by atoms with Gasteiger partial charge in [0.05, 0.1) is 0 Å². The maximum atomic E-state index is 11.3. The summed E-state index contributed by atoms with van der Waals surface area (Å²) in [6, 6.07) is 5.27. The lowest BCUT2D eigenvalue weighted by Crippen LogP contribution is -2.04. The van der Waals surface area contributed by atoms with E-state index in [1.54, 1.807) is 30.6 Å². The van der Waals surface area contributed by atoms with Crippen molar-refractivity contribution in [2.24, 2.45) is 0 Å². The van der Waals surface area contributed by atoms with Crippen molar-refractivity contribution in [2.75, 3.05) is 6.54 Å². The second kappa shape index (κ2) is 5.09. The molecule has 0 aliphatic carbocycles. The molecule has 0 bridgehead atoms. The van der Waals surface area contributed by atoms with Crippen molar-refractivity contribution in [3.05, 3.63) is 42.4 Å². The summed E-state index contributed by atoms with van der Waals surface area (Å²) in [5.41, 5.74) is 0.469. The Morgan fingerprint density at radius 2 is 2.46 bits per heavy atom. The molecule has 0 unspecified atom stereocenters. The van der Waals surface area contributed by atoms with E-state index in [-0.39, 0.29) is 5.78 Å². The van der Waals surface area contributed by atoms with Crippen LogP contribution in [0.3, 0.4) is 0 Å². The normalized spacial score (nSPS) is 10.2. The van der Waals surface area contributed by atoms with Crippen molar-refractivity contribution < 1.29 is 4.79 Å². The molecular weight excluding hydrogens is 164 g/mol. The molecule has 1 rings (SSSR count). The molecule has 13 heavy (non-hydrogen) atoms. The number of carbonyl (C=O) groups excluding carboxylic acids is 1. The van der Waals surface area contributed by atoms with E-state index in [9.17, 15) is 4.79 Å². The Hall–Kier alpha value is -1.64. The molecule has 3 nitrogen and oxygen atoms in total. The van der Waals surface area contributed by atoms with Gasteiger partial charge in [0, 0.05) is 25.0 Å². The number of ketones is 1. The van der Waals surface area contributed by atoms with Crippen molar-refractivity contribution in [1.29, 1.82) is 0 Å². The monoisotopic (exact) mass is 176 g/mol. The fourth-order valence-electron chi connectivity index (χ4n) is 0.846. The highest BCUT2D eigenvalue weighted by Gasteiger charge is 1.99. The van der Waals surface area contributed by atoms with Gasteiger partial charge in [-0.15, -0.1) is 0 Å². The average molecular weight is 176 g/mol. The van der Waals surface area contributed by atoms with E-state index in [2.05, 4.69) is 10.3 Å². The molecule has 0 saturated carbocycles. The number of hydrogen-bond donors (Lipinski definition) is 1. The van der Waals surface area contributed by atoms with Crippen molar-refractivity contribution in [3.8, 4) is 0 Å². The molecule has 68 valence electrons. The summed E-state index contributed by atoms with van der Waals surface area (Å²) < 4.78 is 0. The number of aromatic nitrogens is 1. The first kappa shape index (κ1) is 9.45. The molecule has 0 saturated heterocycles. The number of hydrogen-bond acceptors (Lipinski definition) is 3. The standard InChI is InChI=1S/C10H12N2O/c1-2-11-8-6-10(13)9-5-3-4-7-12-9/h3-8,11H,2H2,1H3/b8-6-. The first-order valence-electron chi connectivity index (χ1n) is 4.20. The lowest BCUT2D eigenvalue weighted by molar-refractivity contribution is 0.104. The summed E-state index contributed by atoms with van der Waals surface area (Å²) in [5.74, 6) is -0.0819. The van der Waals surface area contributed by atoms with Gasteiger partial charge in [0.1, 0.15) is 5.69 Å². The Morgan fingerprint density at radius 1 is 1.62 bits per heavy atom. The van der Waals surface area contributed by atoms with Crippen LogP contribution in [0, 0.1) is 0 Å². The van der Waals surface area contributed by atoms with Crippen LogP contribution in [0.15, 0.2) is 36.7 Å². The number of carbonyl (C=O) groups is 1. The molecule has 0 atom stereocenters. The summed E-state index contributed by atoms with van der Waals surface area (Å²) in [6.45, 7) is 2.78. The molecule has 0 radical (unpaired) electrons. The average Bonchev–Trinajstić information content (AvgIpc) is 2.19. The smallest absolute Gasteiger partial charge is 0.205 e. The summed E-state index contributed by atoms with van der Waals surface area (Å²) in [6.07, 6.45) is 4.72. The predicted octanol–water partition coefficient (Wildman–Crippen LogP) is 1.39. The summed E-state index contributed by atoms with van der Waals surface area (Å²) in [5, 5.41) is 2.92. The van der Waals surface area contributed by atoms with Crippen molar-refractivity contribution in [3.63, 3.8) is 0 Å². The highest BCUT2D eigenvalue weighted by Crippen LogP contribution is 1.95. The number of nitrogens with one attached hydrogen (secondary N) is 1. The summed E-state index contributed by atoms with van der Waals surface area (Å²) >= 11 is 0. The van der Waals surface area contributed by atoms with Crippen LogP contribution in [-0.2, 0) is 0 Å². The van der Waals surface area contributed by atoms with E-state index >= 15 is 0 Å². The minimum atomic E-state index is -0.0819. The maximum absolute atomic E-state index is 11.3. The van der Waals surface area contributed by atoms with Crippen molar-refractivity contribution in [1.82, 2.24) is 10.3 Å². The first-order chi connectivity index (χ1) is 6.34. The molecule has 3 heteroatoms. The molecule has 0 spiro atoms. The van der Waals surface area contributed by atoms with E-state index in [1.807, 2.05) is 6.92 Å². The third kappa shape index (κ3) is 3.07. The second-order valence-electron chi connectivity index (χ2n) is 2.47. The lowest BCUT2D eigenvalue weighted by atomic mass is 10.2. The highest BCUT2D eigenvalue weighted by atomic mass is 16.1. The lowest BCUT2D eigenvalue weighted by Gasteiger charge is -1.93. The van der Waals surface area contributed by atoms with Gasteiger partial charge in [-0.2, -0.15) is 0 Å². The largest absolute Gasteiger partial charge is 0.391 e. The van der Waals surface area contributed by atoms with Gasteiger partial charge in [-0.05, 0) is 19.1 Å². The molecular formula is C10H12N2O. The van der Waals surface area contributed by atoms with E-state index in [1.165, 1.54) is 6.08 Å². The fraction of sp³-hybridized carbons (Fsp3) is 0.200. The summed E-state index contributed by atoms with van der Waals surface area (Å²) in [7, 11) is 0. The van der Waals surface area contributed by atoms with Gasteiger partial charge in [-0.1, -0.05) is 6.07 Å². The van der Waals surface area contributed by atoms with Crippen LogP contribution in [0.5, 0.6) is 0 Å². The molecule has 1 aromatic rings. The van der Waals surface area contributed by atoms with Crippen LogP contribution in [0.4, 0.5) is 0 Å². The Labute approximate surface area is 77.5 Å². The second-order valence-corrected chi connectivity index (χ2v) is 2.47. The first-order valence-corrected chi connectivity index (χ1v) is 4.20. The van der Waals surface area contributed by atoms with Crippen LogP contribution < -0.4 is 5.32 Å². The fourth-order valence-corrected chi connectivity index (χ4v) is 0.846. The van der Waals surface area contributed by atoms with Crippen LogP contribution >= 0.6 is 0 Å². The van der Waals surface area contributed by atoms with Crippen LogP contribution in [0.1, 0.15) is 17.4 Å². The zero-order chi connectivity index (χ0) is 9.52. The van der Waals surface area contributed by atoms with Gasteiger partial charge < -0.3 is 5.32 Å². The van der Waals surface area contributed by atoms with Gasteiger partial charge in [0.2, 0.25) is 5.78 Å². The Kier molecular flexibility index (Phi) is 3.70. The van der Waals surface area contributed by atoms with E-state index in [0.29, 0.717) is 5.69 Å². The highest BCUT2D eigenvalue weighted by molar-refractivity contribution is 6.02. The third-order valence-corrected chi connectivity index (χ3v) is 1.47. The number of allylic oxidation sites excluding steroid dienone is 1. The number of nitrogens with zero attached hydrogens (tertiary/aromatic N) is 1. The van der Waals surface area contributed by atoms with Gasteiger partial charge in [-0.25, -0.2) is 0 Å². The molecule has 0 fully saturated rings. The van der Waals surface area contributed by atoms with E-state index in [4.69, 9.17) is 0 Å². The number of rotatable bonds is 4. The molecule has 1 N–H and O–H groups in total. The quantitative estimate of drug-likeness (QED) is 0.556. The molecule has 1 heterocycles. The zero-order valence-electron chi connectivity index (χ0n) is 7.53. The van der Waals surface area contributed by atoms with Crippen LogP contribution in [-0.4, -0.2) is 17.3 Å². The topological polar surface area (TPSA) is 42.0 Å². The minimum absolute atomic E-state index is 0.0819. The molecule has 0 aliphatic rings. The Bertz CT molecular complexity index is 293.